The zero-order chi connectivity index (χ0) is 23.5. The summed E-state index contributed by atoms with van der Waals surface area (Å²) in [6.07, 6.45) is -0.165. The van der Waals surface area contributed by atoms with E-state index in [2.05, 4.69) is 41.4 Å². The Morgan fingerprint density at radius 2 is 2.06 bits per heavy atom. The molecule has 1 saturated heterocycles. The van der Waals surface area contributed by atoms with E-state index in [0.717, 1.165) is 28.0 Å². The summed E-state index contributed by atoms with van der Waals surface area (Å²) in [4.78, 5) is 21.5. The lowest BCUT2D eigenvalue weighted by molar-refractivity contribution is -0.123. The minimum Gasteiger partial charge on any atom is -0.497 e. The van der Waals surface area contributed by atoms with Gasteiger partial charge in [0.2, 0.25) is 17.0 Å². The molecule has 0 spiro atoms. The maximum atomic E-state index is 12.4. The maximum Gasteiger partial charge on any atom is 0.226 e. The zero-order valence-electron chi connectivity index (χ0n) is 18.6. The van der Waals surface area contributed by atoms with Gasteiger partial charge in [0.05, 0.1) is 24.0 Å². The van der Waals surface area contributed by atoms with Crippen LogP contribution in [0.3, 0.4) is 0 Å². The van der Waals surface area contributed by atoms with E-state index in [1.807, 2.05) is 55.5 Å². The van der Waals surface area contributed by atoms with Crippen molar-refractivity contribution in [3.63, 3.8) is 0 Å². The van der Waals surface area contributed by atoms with E-state index >= 15 is 0 Å². The molecule has 3 N–H and O–H groups in total. The fraction of sp³-hybridized carbons (Fsp3) is 0.273. The molecule has 1 fully saturated rings. The molecule has 2 aromatic carbocycles. The first kappa shape index (κ1) is 22.0. The highest BCUT2D eigenvalue weighted by molar-refractivity contribution is 7.99. The molecule has 2 aromatic heterocycles. The Hall–Kier alpha value is -3.77. The predicted octanol–water partition coefficient (Wildman–Crippen LogP) is 1.89. The van der Waals surface area contributed by atoms with Crippen molar-refractivity contribution in [3.8, 4) is 11.4 Å². The third-order valence-electron chi connectivity index (χ3n) is 5.36. The lowest BCUT2D eigenvalue weighted by atomic mass is 10.2. The van der Waals surface area contributed by atoms with Gasteiger partial charge in [0, 0.05) is 23.6 Å². The number of tetrazole rings is 1. The number of fused-ring (bicyclic) bond motifs is 1. The lowest BCUT2D eigenvalue weighted by Gasteiger charge is -2.31. The molecular formula is C22H23N9O2S. The molecule has 4 aromatic rings. The van der Waals surface area contributed by atoms with Crippen molar-refractivity contribution in [2.75, 3.05) is 18.2 Å². The molecular weight excluding hydrogens is 454 g/mol. The van der Waals surface area contributed by atoms with Gasteiger partial charge in [-0.3, -0.25) is 10.1 Å². The average molecular weight is 478 g/mol. The first-order valence-corrected chi connectivity index (χ1v) is 11.7. The van der Waals surface area contributed by atoms with Gasteiger partial charge >= 0.3 is 0 Å². The summed E-state index contributed by atoms with van der Waals surface area (Å²) in [5.74, 6) is 1.72. The Labute approximate surface area is 199 Å². The molecule has 174 valence electrons. The van der Waals surface area contributed by atoms with Crippen LogP contribution < -0.4 is 20.7 Å². The van der Waals surface area contributed by atoms with Crippen LogP contribution in [0.15, 0.2) is 53.7 Å². The van der Waals surface area contributed by atoms with Crippen molar-refractivity contribution in [2.45, 2.75) is 30.8 Å². The number of hydrogen-bond donors (Lipinski definition) is 3. The van der Waals surface area contributed by atoms with Crippen molar-refractivity contribution < 1.29 is 9.53 Å². The summed E-state index contributed by atoms with van der Waals surface area (Å²) < 4.78 is 6.97. The van der Waals surface area contributed by atoms with Crippen molar-refractivity contribution in [1.82, 2.24) is 40.8 Å². The summed E-state index contributed by atoms with van der Waals surface area (Å²) in [6, 6.07) is 15.2. The van der Waals surface area contributed by atoms with Crippen LogP contribution in [0.2, 0.25) is 0 Å². The number of methoxy groups -OCH3 is 1. The van der Waals surface area contributed by atoms with E-state index < -0.39 is 6.29 Å². The first-order valence-electron chi connectivity index (χ1n) is 10.7. The Morgan fingerprint density at radius 1 is 1.21 bits per heavy atom. The maximum absolute atomic E-state index is 12.4. The molecule has 12 heteroatoms. The van der Waals surface area contributed by atoms with Gasteiger partial charge in [-0.2, -0.15) is 4.68 Å². The second-order valence-corrected chi connectivity index (χ2v) is 8.74. The van der Waals surface area contributed by atoms with Gasteiger partial charge in [0.25, 0.3) is 0 Å². The standard InChI is InChI=1S/C22H23N9O2S/c1-13-17-11-16(33-2)8-9-18(17)25-20(23-13)27-21-24-14(10-19(32)26-21)12-34-22-28-29-30-31(22)15-6-4-3-5-7-15/h3-9,11,14,21,24H,10,12H2,1-2H3,(H,26,32)(H,23,25,27). The molecule has 3 heterocycles. The third-order valence-corrected chi connectivity index (χ3v) is 6.44. The number of carbonyl (C=O) groups excluding carboxylic acids is 1. The Kier molecular flexibility index (Phi) is 6.23. The van der Waals surface area contributed by atoms with Gasteiger partial charge in [-0.25, -0.2) is 9.97 Å². The fourth-order valence-electron chi connectivity index (χ4n) is 3.72. The van der Waals surface area contributed by atoms with Gasteiger partial charge in [0.1, 0.15) is 5.75 Å². The molecule has 11 nitrogen and oxygen atoms in total. The number of carbonyl (C=O) groups is 1. The number of aromatic nitrogens is 6. The van der Waals surface area contributed by atoms with Crippen molar-refractivity contribution >= 4 is 34.5 Å². The lowest BCUT2D eigenvalue weighted by Crippen LogP contribution is -2.60. The van der Waals surface area contributed by atoms with Gasteiger partial charge in [-0.15, -0.1) is 5.10 Å². The van der Waals surface area contributed by atoms with Gasteiger partial charge in [-0.1, -0.05) is 30.0 Å². The Morgan fingerprint density at radius 3 is 2.88 bits per heavy atom. The molecule has 1 aliphatic heterocycles. The minimum atomic E-state index is -0.507. The van der Waals surface area contributed by atoms with E-state index in [1.165, 1.54) is 11.8 Å². The van der Waals surface area contributed by atoms with Gasteiger partial charge in [-0.05, 0) is 47.7 Å². The number of thioether (sulfide) groups is 1. The molecule has 0 bridgehead atoms. The molecule has 5 rings (SSSR count). The number of nitrogens with zero attached hydrogens (tertiary/aromatic N) is 6. The molecule has 1 amide bonds. The average Bonchev–Trinajstić information content (AvgIpc) is 3.31. The van der Waals surface area contributed by atoms with Crippen molar-refractivity contribution in [1.29, 1.82) is 0 Å². The van der Waals surface area contributed by atoms with Crippen LogP contribution in [0.1, 0.15) is 12.1 Å². The van der Waals surface area contributed by atoms with E-state index in [0.29, 0.717) is 23.3 Å². The minimum absolute atomic E-state index is 0.0632. The number of hydrogen-bond acceptors (Lipinski definition) is 10. The molecule has 34 heavy (non-hydrogen) atoms. The van der Waals surface area contributed by atoms with E-state index in [1.54, 1.807) is 11.8 Å². The number of anilines is 1. The smallest absolute Gasteiger partial charge is 0.226 e. The quantitative estimate of drug-likeness (QED) is 0.339. The van der Waals surface area contributed by atoms with E-state index in [-0.39, 0.29) is 11.9 Å². The Bertz CT molecular complexity index is 1310. The topological polar surface area (TPSA) is 132 Å². The summed E-state index contributed by atoms with van der Waals surface area (Å²) in [5.41, 5.74) is 2.48. The predicted molar refractivity (Wildman–Crippen MR) is 128 cm³/mol. The molecule has 1 aliphatic rings. The molecule has 0 saturated carbocycles. The SMILES string of the molecule is COc1ccc2nc(NC3NC(=O)CC(CSc4nnnn4-c4ccccc4)N3)nc(C)c2c1. The number of benzene rings is 2. The van der Waals surface area contributed by atoms with Crippen LogP contribution in [0.4, 0.5) is 5.95 Å². The number of aryl methyl sites for hydroxylation is 1. The van der Waals surface area contributed by atoms with Crippen molar-refractivity contribution in [3.05, 3.63) is 54.2 Å². The van der Waals surface area contributed by atoms with Gasteiger partial charge in [0.15, 0.2) is 6.29 Å². The molecule has 0 radical (unpaired) electrons. The highest BCUT2D eigenvalue weighted by atomic mass is 32.2. The molecule has 2 unspecified atom stereocenters. The van der Waals surface area contributed by atoms with Crippen LogP contribution in [-0.2, 0) is 4.79 Å². The normalized spacial score (nSPS) is 18.0. The van der Waals surface area contributed by atoms with Crippen molar-refractivity contribution in [2.24, 2.45) is 0 Å². The largest absolute Gasteiger partial charge is 0.497 e. The summed E-state index contributed by atoms with van der Waals surface area (Å²) in [6.45, 7) is 1.91. The Balaban J connectivity index is 1.26. The highest BCUT2D eigenvalue weighted by Gasteiger charge is 2.27. The number of rotatable bonds is 7. The fourth-order valence-corrected chi connectivity index (χ4v) is 4.64. The molecule has 0 aliphatic carbocycles. The first-order chi connectivity index (χ1) is 16.6. The summed E-state index contributed by atoms with van der Waals surface area (Å²) in [5, 5.41) is 23.0. The van der Waals surface area contributed by atoms with Crippen LogP contribution in [0, 0.1) is 6.92 Å². The second-order valence-electron chi connectivity index (χ2n) is 7.75. The van der Waals surface area contributed by atoms with Gasteiger partial charge < -0.3 is 15.4 Å². The number of nitrogens with one attached hydrogen (secondary N) is 3. The number of ether oxygens (including phenoxy) is 1. The third kappa shape index (κ3) is 4.77. The van der Waals surface area contributed by atoms with Crippen LogP contribution in [0.5, 0.6) is 5.75 Å². The summed E-state index contributed by atoms with van der Waals surface area (Å²) in [7, 11) is 1.63. The second kappa shape index (κ2) is 9.61. The van der Waals surface area contributed by atoms with E-state index in [9.17, 15) is 4.79 Å². The van der Waals surface area contributed by atoms with Crippen LogP contribution in [0.25, 0.3) is 16.6 Å². The zero-order valence-corrected chi connectivity index (χ0v) is 19.4. The monoisotopic (exact) mass is 477 g/mol. The summed E-state index contributed by atoms with van der Waals surface area (Å²) >= 11 is 1.49. The van der Waals surface area contributed by atoms with E-state index in [4.69, 9.17) is 4.74 Å². The van der Waals surface area contributed by atoms with Crippen LogP contribution in [-0.4, -0.2) is 61.3 Å². The number of amides is 1. The highest BCUT2D eigenvalue weighted by Crippen LogP contribution is 2.23. The van der Waals surface area contributed by atoms with Crippen LogP contribution >= 0.6 is 11.8 Å². The number of para-hydroxylation sites is 1. The molecule has 2 atom stereocenters.